The van der Waals surface area contributed by atoms with Crippen molar-refractivity contribution in [3.63, 3.8) is 0 Å². The quantitative estimate of drug-likeness (QED) is 0.552. The van der Waals surface area contributed by atoms with Crippen LogP contribution in [-0.4, -0.2) is 16.5 Å². The Hall–Kier alpha value is -1.36. The van der Waals surface area contributed by atoms with E-state index in [-0.39, 0.29) is 0 Å². The molecule has 1 aromatic heterocycles. The standard InChI is InChI=1S/C16H29N5/c1-4-12-5-7-13(8-6-12)9-18-15-14(11(2)3)16(21-17)20-10-19-15/h10-13H,4-9,17H2,1-3H3,(H2,18,19,20,21). The number of aromatic nitrogens is 2. The monoisotopic (exact) mass is 291 g/mol. The second-order valence-corrected chi connectivity index (χ2v) is 6.46. The van der Waals surface area contributed by atoms with Crippen molar-refractivity contribution >= 4 is 11.6 Å². The highest BCUT2D eigenvalue weighted by Crippen LogP contribution is 2.32. The van der Waals surface area contributed by atoms with Crippen LogP contribution < -0.4 is 16.6 Å². The van der Waals surface area contributed by atoms with Gasteiger partial charge >= 0.3 is 0 Å². The molecule has 1 aliphatic rings. The number of anilines is 2. The van der Waals surface area contributed by atoms with Crippen LogP contribution in [0.5, 0.6) is 0 Å². The van der Waals surface area contributed by atoms with Crippen LogP contribution in [0.1, 0.15) is 64.4 Å². The number of nitrogens with one attached hydrogen (secondary N) is 2. The van der Waals surface area contributed by atoms with Gasteiger partial charge in [-0.05, 0) is 30.6 Å². The highest BCUT2D eigenvalue weighted by atomic mass is 15.3. The maximum atomic E-state index is 5.56. The van der Waals surface area contributed by atoms with Gasteiger partial charge in [-0.15, -0.1) is 0 Å². The summed E-state index contributed by atoms with van der Waals surface area (Å²) >= 11 is 0. The molecule has 0 aliphatic heterocycles. The number of nitrogens with two attached hydrogens (primary N) is 1. The Bertz CT molecular complexity index is 438. The molecule has 4 N–H and O–H groups in total. The molecule has 1 aromatic rings. The van der Waals surface area contributed by atoms with Crippen molar-refractivity contribution in [2.24, 2.45) is 17.7 Å². The second kappa shape index (κ2) is 7.59. The Morgan fingerprint density at radius 1 is 1.14 bits per heavy atom. The highest BCUT2D eigenvalue weighted by Gasteiger charge is 2.21. The molecule has 21 heavy (non-hydrogen) atoms. The van der Waals surface area contributed by atoms with Gasteiger partial charge < -0.3 is 10.7 Å². The predicted octanol–water partition coefficient (Wildman–Crippen LogP) is 3.51. The van der Waals surface area contributed by atoms with Gasteiger partial charge in [-0.25, -0.2) is 15.8 Å². The summed E-state index contributed by atoms with van der Waals surface area (Å²) in [5.74, 6) is 9.23. The number of nitrogens with zero attached hydrogens (tertiary/aromatic N) is 2. The largest absolute Gasteiger partial charge is 0.369 e. The molecule has 0 saturated heterocycles. The molecule has 0 atom stereocenters. The lowest BCUT2D eigenvalue weighted by molar-refractivity contribution is 0.278. The smallest absolute Gasteiger partial charge is 0.148 e. The molecule has 5 nitrogen and oxygen atoms in total. The normalized spacial score (nSPS) is 22.3. The molecule has 118 valence electrons. The maximum Gasteiger partial charge on any atom is 0.148 e. The van der Waals surface area contributed by atoms with Crippen molar-refractivity contribution in [2.45, 2.75) is 58.8 Å². The van der Waals surface area contributed by atoms with E-state index in [0.29, 0.717) is 5.92 Å². The van der Waals surface area contributed by atoms with Crippen LogP contribution in [0.25, 0.3) is 0 Å². The summed E-state index contributed by atoms with van der Waals surface area (Å²) < 4.78 is 0. The van der Waals surface area contributed by atoms with E-state index in [0.717, 1.165) is 35.6 Å². The van der Waals surface area contributed by atoms with Gasteiger partial charge in [0.25, 0.3) is 0 Å². The Labute approximate surface area is 128 Å². The first kappa shape index (κ1) is 16.0. The highest BCUT2D eigenvalue weighted by molar-refractivity contribution is 5.58. The zero-order valence-corrected chi connectivity index (χ0v) is 13.5. The van der Waals surface area contributed by atoms with Crippen molar-refractivity contribution in [2.75, 3.05) is 17.3 Å². The zero-order chi connectivity index (χ0) is 15.2. The van der Waals surface area contributed by atoms with Gasteiger partial charge in [-0.2, -0.15) is 0 Å². The lowest BCUT2D eigenvalue weighted by Gasteiger charge is -2.28. The van der Waals surface area contributed by atoms with Crippen LogP contribution in [-0.2, 0) is 0 Å². The number of rotatable bonds is 6. The molecule has 0 radical (unpaired) electrons. The minimum absolute atomic E-state index is 0.329. The fourth-order valence-electron chi connectivity index (χ4n) is 3.28. The Morgan fingerprint density at radius 2 is 1.76 bits per heavy atom. The summed E-state index contributed by atoms with van der Waals surface area (Å²) in [6.45, 7) is 7.58. The minimum Gasteiger partial charge on any atom is -0.369 e. The van der Waals surface area contributed by atoms with Crippen molar-refractivity contribution in [1.29, 1.82) is 0 Å². The van der Waals surface area contributed by atoms with Crippen molar-refractivity contribution in [3.05, 3.63) is 11.9 Å². The van der Waals surface area contributed by atoms with Crippen LogP contribution in [0.15, 0.2) is 6.33 Å². The molecule has 0 bridgehead atoms. The fourth-order valence-corrected chi connectivity index (χ4v) is 3.28. The first-order valence-corrected chi connectivity index (χ1v) is 8.21. The second-order valence-electron chi connectivity index (χ2n) is 6.46. The first-order valence-electron chi connectivity index (χ1n) is 8.21. The van der Waals surface area contributed by atoms with Gasteiger partial charge in [0.2, 0.25) is 0 Å². The minimum atomic E-state index is 0.329. The van der Waals surface area contributed by atoms with E-state index < -0.39 is 0 Å². The summed E-state index contributed by atoms with van der Waals surface area (Å²) in [6, 6.07) is 0. The van der Waals surface area contributed by atoms with Gasteiger partial charge in [-0.1, -0.05) is 40.0 Å². The fraction of sp³-hybridized carbons (Fsp3) is 0.750. The van der Waals surface area contributed by atoms with Crippen LogP contribution in [0.4, 0.5) is 11.6 Å². The molecule has 2 rings (SSSR count). The number of hydrazine groups is 1. The van der Waals surface area contributed by atoms with Crippen LogP contribution in [0.3, 0.4) is 0 Å². The molecule has 5 heteroatoms. The molecular weight excluding hydrogens is 262 g/mol. The molecule has 1 fully saturated rings. The summed E-state index contributed by atoms with van der Waals surface area (Å²) in [4.78, 5) is 8.61. The Balaban J connectivity index is 1.97. The van der Waals surface area contributed by atoms with E-state index in [1.54, 1.807) is 6.33 Å². The lowest BCUT2D eigenvalue weighted by atomic mass is 9.81. The van der Waals surface area contributed by atoms with E-state index in [1.165, 1.54) is 32.1 Å². The van der Waals surface area contributed by atoms with E-state index >= 15 is 0 Å². The van der Waals surface area contributed by atoms with Crippen molar-refractivity contribution in [1.82, 2.24) is 9.97 Å². The van der Waals surface area contributed by atoms with E-state index in [9.17, 15) is 0 Å². The average Bonchev–Trinajstić information content (AvgIpc) is 2.52. The molecule has 0 spiro atoms. The van der Waals surface area contributed by atoms with Crippen molar-refractivity contribution < 1.29 is 0 Å². The number of nitrogen functional groups attached to an aromatic ring is 1. The third-order valence-corrected chi connectivity index (χ3v) is 4.70. The molecular formula is C16H29N5. The van der Waals surface area contributed by atoms with Gasteiger partial charge in [0.1, 0.15) is 18.0 Å². The van der Waals surface area contributed by atoms with Crippen molar-refractivity contribution in [3.8, 4) is 0 Å². The number of hydrogen-bond donors (Lipinski definition) is 3. The van der Waals surface area contributed by atoms with Gasteiger partial charge in [0, 0.05) is 12.1 Å². The van der Waals surface area contributed by atoms with Crippen LogP contribution in [0.2, 0.25) is 0 Å². The molecule has 1 saturated carbocycles. The Morgan fingerprint density at radius 3 is 2.33 bits per heavy atom. The van der Waals surface area contributed by atoms with E-state index in [2.05, 4.69) is 41.5 Å². The molecule has 1 aliphatic carbocycles. The van der Waals surface area contributed by atoms with Gasteiger partial charge in [0.15, 0.2) is 0 Å². The molecule has 0 unspecified atom stereocenters. The lowest BCUT2D eigenvalue weighted by Crippen LogP contribution is -2.22. The van der Waals surface area contributed by atoms with Crippen LogP contribution in [0, 0.1) is 11.8 Å². The predicted molar refractivity (Wildman–Crippen MR) is 88.2 cm³/mol. The van der Waals surface area contributed by atoms with Gasteiger partial charge in [-0.3, -0.25) is 0 Å². The topological polar surface area (TPSA) is 75.9 Å². The molecule has 1 heterocycles. The SMILES string of the molecule is CCC1CCC(CNc2ncnc(NN)c2C(C)C)CC1. The van der Waals surface area contributed by atoms with Gasteiger partial charge in [0.05, 0.1) is 0 Å². The maximum absolute atomic E-state index is 5.56. The first-order chi connectivity index (χ1) is 10.2. The summed E-state index contributed by atoms with van der Waals surface area (Å²) in [5.41, 5.74) is 3.75. The van der Waals surface area contributed by atoms with E-state index in [4.69, 9.17) is 5.84 Å². The number of hydrogen-bond acceptors (Lipinski definition) is 5. The van der Waals surface area contributed by atoms with E-state index in [1.807, 2.05) is 0 Å². The zero-order valence-electron chi connectivity index (χ0n) is 13.5. The molecule has 0 amide bonds. The third-order valence-electron chi connectivity index (χ3n) is 4.70. The third kappa shape index (κ3) is 4.06. The summed E-state index contributed by atoms with van der Waals surface area (Å²) in [7, 11) is 0. The van der Waals surface area contributed by atoms with Crippen LogP contribution >= 0.6 is 0 Å². The summed E-state index contributed by atoms with van der Waals surface area (Å²) in [5, 5.41) is 3.53. The molecule has 0 aromatic carbocycles. The Kier molecular flexibility index (Phi) is 5.79. The summed E-state index contributed by atoms with van der Waals surface area (Å²) in [6.07, 6.45) is 8.30. The average molecular weight is 291 g/mol.